The summed E-state index contributed by atoms with van der Waals surface area (Å²) in [7, 11) is 1.72. The summed E-state index contributed by atoms with van der Waals surface area (Å²) in [4.78, 5) is 16.3. The Hall–Kier alpha value is -3.22. The highest BCUT2D eigenvalue weighted by molar-refractivity contribution is 5.94. The number of benzene rings is 2. The van der Waals surface area contributed by atoms with Gasteiger partial charge in [-0.1, -0.05) is 26.0 Å². The molecule has 160 valence electrons. The fourth-order valence-corrected chi connectivity index (χ4v) is 3.08. The van der Waals surface area contributed by atoms with Gasteiger partial charge in [0, 0.05) is 43.9 Å². The van der Waals surface area contributed by atoms with Crippen molar-refractivity contribution in [1.82, 2.24) is 5.32 Å². The van der Waals surface area contributed by atoms with Crippen LogP contribution in [0.2, 0.25) is 0 Å². The Kier molecular flexibility index (Phi) is 7.54. The molecule has 1 amide bonds. The number of guanidine groups is 1. The highest BCUT2D eigenvalue weighted by Gasteiger charge is 2.11. The van der Waals surface area contributed by atoms with Crippen LogP contribution in [0.15, 0.2) is 47.5 Å². The molecule has 0 atom stereocenters. The van der Waals surface area contributed by atoms with Crippen LogP contribution in [0.4, 0.5) is 11.4 Å². The molecule has 3 rings (SSSR count). The molecule has 0 fully saturated rings. The van der Waals surface area contributed by atoms with E-state index in [2.05, 4.69) is 20.9 Å². The van der Waals surface area contributed by atoms with E-state index in [-0.39, 0.29) is 5.91 Å². The summed E-state index contributed by atoms with van der Waals surface area (Å²) in [6.45, 7) is 5.94. The van der Waals surface area contributed by atoms with E-state index in [0.29, 0.717) is 38.1 Å². The van der Waals surface area contributed by atoms with Crippen molar-refractivity contribution < 1.29 is 14.3 Å². The lowest BCUT2D eigenvalue weighted by molar-refractivity contribution is -0.116. The van der Waals surface area contributed by atoms with E-state index in [4.69, 9.17) is 9.47 Å². The number of nitrogens with one attached hydrogen (secondary N) is 3. The third kappa shape index (κ3) is 6.40. The maximum absolute atomic E-state index is 12.0. The van der Waals surface area contributed by atoms with Crippen molar-refractivity contribution in [3.05, 3.63) is 48.0 Å². The zero-order valence-corrected chi connectivity index (χ0v) is 17.8. The third-order valence-corrected chi connectivity index (χ3v) is 4.50. The highest BCUT2D eigenvalue weighted by Crippen LogP contribution is 2.32. The molecule has 7 nitrogen and oxygen atoms in total. The van der Waals surface area contributed by atoms with Crippen molar-refractivity contribution in [2.24, 2.45) is 10.9 Å². The summed E-state index contributed by atoms with van der Waals surface area (Å²) < 4.78 is 11.4. The molecule has 7 heteroatoms. The molecule has 1 heterocycles. The Morgan fingerprint density at radius 3 is 2.57 bits per heavy atom. The molecule has 1 aliphatic heterocycles. The second kappa shape index (κ2) is 10.5. The Morgan fingerprint density at radius 1 is 1.03 bits per heavy atom. The van der Waals surface area contributed by atoms with Gasteiger partial charge in [0.25, 0.3) is 0 Å². The largest absolute Gasteiger partial charge is 0.490 e. The molecule has 2 aromatic carbocycles. The SMILES string of the molecule is CN=C(NCc1cccc(NC(=O)CC(C)C)c1)Nc1ccc2c(c1)OCCCO2. The zero-order chi connectivity index (χ0) is 21.3. The number of carbonyl (C=O) groups is 1. The number of hydrogen-bond acceptors (Lipinski definition) is 4. The summed E-state index contributed by atoms with van der Waals surface area (Å²) in [6, 6.07) is 13.6. The first kappa shape index (κ1) is 21.5. The van der Waals surface area contributed by atoms with Gasteiger partial charge in [-0.05, 0) is 35.7 Å². The average Bonchev–Trinajstić information content (AvgIpc) is 2.95. The third-order valence-electron chi connectivity index (χ3n) is 4.50. The highest BCUT2D eigenvalue weighted by atomic mass is 16.5. The molecule has 0 saturated carbocycles. The summed E-state index contributed by atoms with van der Waals surface area (Å²) in [5.74, 6) is 2.49. The lowest BCUT2D eigenvalue weighted by Gasteiger charge is -2.14. The Labute approximate surface area is 177 Å². The first-order chi connectivity index (χ1) is 14.5. The minimum Gasteiger partial charge on any atom is -0.490 e. The van der Waals surface area contributed by atoms with Crippen molar-refractivity contribution in [2.45, 2.75) is 33.2 Å². The molecule has 0 radical (unpaired) electrons. The van der Waals surface area contributed by atoms with E-state index < -0.39 is 0 Å². The average molecular weight is 411 g/mol. The maximum atomic E-state index is 12.0. The minimum absolute atomic E-state index is 0.0296. The van der Waals surface area contributed by atoms with E-state index in [1.165, 1.54) is 0 Å². The molecule has 3 N–H and O–H groups in total. The van der Waals surface area contributed by atoms with Gasteiger partial charge in [0.05, 0.1) is 13.2 Å². The lowest BCUT2D eigenvalue weighted by atomic mass is 10.1. The molecule has 0 saturated heterocycles. The smallest absolute Gasteiger partial charge is 0.224 e. The molecular formula is C23H30N4O3. The van der Waals surface area contributed by atoms with Crippen LogP contribution in [-0.4, -0.2) is 32.1 Å². The van der Waals surface area contributed by atoms with Gasteiger partial charge in [-0.25, -0.2) is 0 Å². The lowest BCUT2D eigenvalue weighted by Crippen LogP contribution is -2.30. The van der Waals surface area contributed by atoms with Gasteiger partial charge < -0.3 is 25.4 Å². The van der Waals surface area contributed by atoms with Crippen LogP contribution < -0.4 is 25.4 Å². The number of fused-ring (bicyclic) bond motifs is 1. The van der Waals surface area contributed by atoms with Gasteiger partial charge in [0.1, 0.15) is 0 Å². The van der Waals surface area contributed by atoms with Crippen molar-refractivity contribution >= 4 is 23.2 Å². The second-order valence-electron chi connectivity index (χ2n) is 7.61. The Morgan fingerprint density at radius 2 is 1.80 bits per heavy atom. The number of anilines is 2. The van der Waals surface area contributed by atoms with Crippen molar-refractivity contribution in [1.29, 1.82) is 0 Å². The van der Waals surface area contributed by atoms with E-state index in [1.807, 2.05) is 56.3 Å². The topological polar surface area (TPSA) is 84.0 Å². The van der Waals surface area contributed by atoms with E-state index in [1.54, 1.807) is 7.05 Å². The van der Waals surface area contributed by atoms with Crippen LogP contribution in [0.1, 0.15) is 32.3 Å². The van der Waals surface area contributed by atoms with Crippen molar-refractivity contribution in [3.8, 4) is 11.5 Å². The number of nitrogens with zero attached hydrogens (tertiary/aromatic N) is 1. The fourth-order valence-electron chi connectivity index (χ4n) is 3.08. The number of ether oxygens (including phenoxy) is 2. The van der Waals surface area contributed by atoms with Gasteiger partial charge in [-0.15, -0.1) is 0 Å². The number of carbonyl (C=O) groups excluding carboxylic acids is 1. The van der Waals surface area contributed by atoms with Gasteiger partial charge in [0.2, 0.25) is 5.91 Å². The van der Waals surface area contributed by atoms with Crippen LogP contribution in [0.5, 0.6) is 11.5 Å². The minimum atomic E-state index is 0.0296. The molecule has 30 heavy (non-hydrogen) atoms. The summed E-state index contributed by atoms with van der Waals surface area (Å²) >= 11 is 0. The van der Waals surface area contributed by atoms with Crippen LogP contribution in [0, 0.1) is 5.92 Å². The number of rotatable bonds is 6. The number of aliphatic imine (C=N–C) groups is 1. The van der Waals surface area contributed by atoms with Crippen LogP contribution in [-0.2, 0) is 11.3 Å². The summed E-state index contributed by atoms with van der Waals surface area (Å²) in [5.41, 5.74) is 2.70. The first-order valence-electron chi connectivity index (χ1n) is 10.3. The van der Waals surface area contributed by atoms with Gasteiger partial charge in [-0.3, -0.25) is 9.79 Å². The van der Waals surface area contributed by atoms with E-state index in [0.717, 1.165) is 34.9 Å². The van der Waals surface area contributed by atoms with Crippen LogP contribution in [0.3, 0.4) is 0 Å². The zero-order valence-electron chi connectivity index (χ0n) is 17.8. The standard InChI is InChI=1S/C23H30N4O3/c1-16(2)12-22(28)26-18-7-4-6-17(13-18)15-25-23(24-3)27-19-8-9-20-21(14-19)30-11-5-10-29-20/h4,6-9,13-14,16H,5,10-12,15H2,1-3H3,(H,26,28)(H2,24,25,27). The molecular weight excluding hydrogens is 380 g/mol. The summed E-state index contributed by atoms with van der Waals surface area (Å²) in [5, 5.41) is 9.52. The predicted octanol–water partition coefficient (Wildman–Crippen LogP) is 4.02. The summed E-state index contributed by atoms with van der Waals surface area (Å²) in [6.07, 6.45) is 1.38. The van der Waals surface area contributed by atoms with E-state index >= 15 is 0 Å². The number of amides is 1. The second-order valence-corrected chi connectivity index (χ2v) is 7.61. The number of hydrogen-bond donors (Lipinski definition) is 3. The van der Waals surface area contributed by atoms with Crippen molar-refractivity contribution in [2.75, 3.05) is 30.9 Å². The molecule has 0 spiro atoms. The molecule has 0 unspecified atom stereocenters. The van der Waals surface area contributed by atoms with Crippen LogP contribution >= 0.6 is 0 Å². The predicted molar refractivity (Wildman–Crippen MR) is 120 cm³/mol. The van der Waals surface area contributed by atoms with Crippen molar-refractivity contribution in [3.63, 3.8) is 0 Å². The fraction of sp³-hybridized carbons (Fsp3) is 0.391. The molecule has 0 aromatic heterocycles. The Bertz CT molecular complexity index is 896. The molecule has 0 bridgehead atoms. The molecule has 2 aromatic rings. The molecule has 0 aliphatic carbocycles. The normalized spacial score (nSPS) is 13.5. The van der Waals surface area contributed by atoms with Crippen LogP contribution in [0.25, 0.3) is 0 Å². The van der Waals surface area contributed by atoms with E-state index in [9.17, 15) is 4.79 Å². The first-order valence-corrected chi connectivity index (χ1v) is 10.3. The Balaban J connectivity index is 1.57. The quantitative estimate of drug-likeness (QED) is 0.495. The van der Waals surface area contributed by atoms with Gasteiger partial charge in [0.15, 0.2) is 17.5 Å². The van der Waals surface area contributed by atoms with Gasteiger partial charge in [-0.2, -0.15) is 0 Å². The monoisotopic (exact) mass is 410 g/mol. The van der Waals surface area contributed by atoms with Gasteiger partial charge >= 0.3 is 0 Å². The maximum Gasteiger partial charge on any atom is 0.224 e. The molecule has 1 aliphatic rings.